The monoisotopic (exact) mass is 231 g/mol. The van der Waals surface area contributed by atoms with Crippen molar-refractivity contribution in [2.45, 2.75) is 4.90 Å². The van der Waals surface area contributed by atoms with Crippen LogP contribution in [0.25, 0.3) is 0 Å². The minimum absolute atomic E-state index is 0.151. The maximum Gasteiger partial charge on any atom is 0.0509 e. The zero-order chi connectivity index (χ0) is 10.4. The van der Waals surface area contributed by atoms with E-state index in [1.807, 2.05) is 0 Å². The summed E-state index contributed by atoms with van der Waals surface area (Å²) in [5.74, 6) is 0.889. The lowest BCUT2D eigenvalue weighted by Crippen LogP contribution is -2.06. The molecule has 0 bridgehead atoms. The van der Waals surface area contributed by atoms with Crippen LogP contribution in [0.3, 0.4) is 0 Å². The van der Waals surface area contributed by atoms with Gasteiger partial charge in [0.15, 0.2) is 0 Å². The van der Waals surface area contributed by atoms with Crippen molar-refractivity contribution in [2.24, 2.45) is 5.73 Å². The van der Waals surface area contributed by atoms with Crippen LogP contribution in [0.15, 0.2) is 29.2 Å². The van der Waals surface area contributed by atoms with E-state index in [4.69, 9.17) is 10.9 Å². The summed E-state index contributed by atoms with van der Waals surface area (Å²) in [6, 6.07) is 6.70. The van der Waals surface area contributed by atoms with E-state index in [2.05, 4.69) is 0 Å². The topological polar surface area (TPSA) is 72.5 Å². The third-order valence-corrected chi connectivity index (χ3v) is 3.83. The van der Waals surface area contributed by atoms with Gasteiger partial charge in [-0.15, -0.1) is 0 Å². The van der Waals surface area contributed by atoms with E-state index in [1.165, 1.54) is 0 Å². The number of hydrogen-bond acceptors (Lipinski definition) is 6. The molecule has 0 fully saturated rings. The highest BCUT2D eigenvalue weighted by atomic mass is 33.1. The van der Waals surface area contributed by atoms with Gasteiger partial charge in [0, 0.05) is 17.2 Å². The number of anilines is 1. The fraction of sp³-hybridized carbons (Fsp3) is 0.250. The van der Waals surface area contributed by atoms with Gasteiger partial charge in [-0.3, -0.25) is 5.21 Å². The first-order valence-electron chi connectivity index (χ1n) is 4.00. The molecule has 1 aromatic carbocycles. The van der Waals surface area contributed by atoms with Crippen LogP contribution in [-0.2, 0) is 0 Å². The lowest BCUT2D eigenvalue weighted by molar-refractivity contribution is 0.296. The van der Waals surface area contributed by atoms with Crippen molar-refractivity contribution in [1.29, 1.82) is 0 Å². The fourth-order valence-corrected chi connectivity index (χ4v) is 2.63. The average Bonchev–Trinajstić information content (AvgIpc) is 2.19. The summed E-state index contributed by atoms with van der Waals surface area (Å²) in [5.41, 5.74) is 5.58. The summed E-state index contributed by atoms with van der Waals surface area (Å²) in [5, 5.41) is 18.9. The first-order chi connectivity index (χ1) is 6.74. The van der Waals surface area contributed by atoms with Crippen LogP contribution < -0.4 is 11.0 Å². The van der Waals surface area contributed by atoms with E-state index in [0.717, 1.165) is 10.6 Å². The molecule has 0 amide bonds. The molecule has 0 aliphatic carbocycles. The van der Waals surface area contributed by atoms with Crippen molar-refractivity contribution in [1.82, 2.24) is 0 Å². The molecule has 0 aliphatic heterocycles. The molecule has 0 saturated carbocycles. The van der Waals surface area contributed by atoms with Crippen molar-refractivity contribution in [2.75, 3.05) is 17.5 Å². The highest BCUT2D eigenvalue weighted by Crippen LogP contribution is 2.31. The van der Waals surface area contributed by atoms with Crippen molar-refractivity contribution in [3.8, 4) is 0 Å². The van der Waals surface area contributed by atoms with Crippen LogP contribution in [0.4, 0.5) is 5.69 Å². The molecule has 0 spiro atoms. The van der Waals surface area contributed by atoms with Crippen LogP contribution in [0, 0.1) is 5.21 Å². The molecule has 0 radical (unpaired) electrons. The summed E-state index contributed by atoms with van der Waals surface area (Å²) < 4.78 is 0. The van der Waals surface area contributed by atoms with Crippen LogP contribution in [0.1, 0.15) is 0 Å². The Kier molecular flexibility index (Phi) is 5.13. The molecule has 78 valence electrons. The minimum atomic E-state index is -0.151. The Morgan fingerprint density at radius 3 is 2.50 bits per heavy atom. The summed E-state index contributed by atoms with van der Waals surface area (Å²) in [4.78, 5) is 1.04. The number of hydrogen-bond donors (Lipinski definition) is 2. The van der Waals surface area contributed by atoms with E-state index >= 15 is 0 Å². The van der Waals surface area contributed by atoms with Gasteiger partial charge in [0.05, 0.1) is 5.69 Å². The SMILES string of the molecule is NCCSSc1ccc(N([O-])O)cc1. The molecule has 1 aromatic rings. The molecule has 0 unspecified atom stereocenters. The van der Waals surface area contributed by atoms with Crippen LogP contribution in [-0.4, -0.2) is 17.5 Å². The molecule has 6 heteroatoms. The van der Waals surface area contributed by atoms with Gasteiger partial charge in [0.25, 0.3) is 0 Å². The second-order valence-electron chi connectivity index (χ2n) is 2.46. The number of nitrogens with two attached hydrogens (primary N) is 1. The van der Waals surface area contributed by atoms with E-state index in [9.17, 15) is 5.21 Å². The average molecular weight is 231 g/mol. The molecule has 4 nitrogen and oxygen atoms in total. The maximum atomic E-state index is 10.5. The maximum absolute atomic E-state index is 10.5. The normalized spacial score (nSPS) is 10.2. The van der Waals surface area contributed by atoms with Gasteiger partial charge in [0.1, 0.15) is 0 Å². The van der Waals surface area contributed by atoms with Gasteiger partial charge in [0.2, 0.25) is 0 Å². The fourth-order valence-electron chi connectivity index (χ4n) is 0.787. The molecule has 3 N–H and O–H groups in total. The Balaban J connectivity index is 2.47. The van der Waals surface area contributed by atoms with E-state index in [1.54, 1.807) is 45.9 Å². The Hall–Kier alpha value is -0.400. The van der Waals surface area contributed by atoms with Crippen LogP contribution >= 0.6 is 21.6 Å². The second kappa shape index (κ2) is 6.15. The van der Waals surface area contributed by atoms with Crippen molar-refractivity contribution < 1.29 is 5.21 Å². The van der Waals surface area contributed by atoms with Gasteiger partial charge in [-0.05, 0) is 24.3 Å². The highest BCUT2D eigenvalue weighted by molar-refractivity contribution is 8.76. The summed E-state index contributed by atoms with van der Waals surface area (Å²) in [6.07, 6.45) is 0. The molecule has 0 heterocycles. The van der Waals surface area contributed by atoms with Gasteiger partial charge >= 0.3 is 0 Å². The van der Waals surface area contributed by atoms with Crippen LogP contribution in [0.2, 0.25) is 0 Å². The highest BCUT2D eigenvalue weighted by Gasteiger charge is 1.95. The molecule has 0 aliphatic rings. The molecule has 0 aromatic heterocycles. The van der Waals surface area contributed by atoms with E-state index < -0.39 is 0 Å². The lowest BCUT2D eigenvalue weighted by atomic mass is 10.3. The first-order valence-corrected chi connectivity index (χ1v) is 6.31. The molecule has 0 saturated heterocycles. The number of rotatable bonds is 5. The van der Waals surface area contributed by atoms with Gasteiger partial charge in [-0.1, -0.05) is 21.6 Å². The largest absolute Gasteiger partial charge is 0.733 e. The Morgan fingerprint density at radius 1 is 1.36 bits per heavy atom. The van der Waals surface area contributed by atoms with Crippen molar-refractivity contribution in [3.63, 3.8) is 0 Å². The molecule has 14 heavy (non-hydrogen) atoms. The smallest absolute Gasteiger partial charge is 0.0509 e. The van der Waals surface area contributed by atoms with Gasteiger partial charge in [-0.25, -0.2) is 0 Å². The van der Waals surface area contributed by atoms with Crippen molar-refractivity contribution in [3.05, 3.63) is 29.5 Å². The van der Waals surface area contributed by atoms with E-state index in [-0.39, 0.29) is 10.9 Å². The van der Waals surface area contributed by atoms with Crippen LogP contribution in [0.5, 0.6) is 0 Å². The zero-order valence-electron chi connectivity index (χ0n) is 7.42. The molecule has 1 rings (SSSR count). The minimum Gasteiger partial charge on any atom is -0.733 e. The third-order valence-electron chi connectivity index (χ3n) is 1.41. The van der Waals surface area contributed by atoms with Gasteiger partial charge in [-0.2, -0.15) is 0 Å². The van der Waals surface area contributed by atoms with Crippen molar-refractivity contribution >= 4 is 27.3 Å². The first kappa shape index (κ1) is 11.7. The molecule has 0 atom stereocenters. The quantitative estimate of drug-likeness (QED) is 0.459. The number of benzene rings is 1. The summed E-state index contributed by atoms with van der Waals surface area (Å²) in [7, 11) is 3.26. The second-order valence-corrected chi connectivity index (χ2v) is 4.95. The molecular weight excluding hydrogens is 220 g/mol. The third kappa shape index (κ3) is 3.77. The lowest BCUT2D eigenvalue weighted by Gasteiger charge is -2.21. The number of nitrogens with zero attached hydrogens (tertiary/aromatic N) is 1. The predicted molar refractivity (Wildman–Crippen MR) is 61.4 cm³/mol. The zero-order valence-corrected chi connectivity index (χ0v) is 9.05. The van der Waals surface area contributed by atoms with Gasteiger partial charge < -0.3 is 16.2 Å². The summed E-state index contributed by atoms with van der Waals surface area (Å²) >= 11 is 0. The Morgan fingerprint density at radius 2 is 2.00 bits per heavy atom. The van der Waals surface area contributed by atoms with E-state index in [0.29, 0.717) is 6.54 Å². The predicted octanol–water partition coefficient (Wildman–Crippen LogP) is 2.08. The Bertz CT molecular complexity index is 267. The Labute approximate surface area is 90.4 Å². The molecular formula is C8H11N2O2S2-. The standard InChI is InChI=1S/C8H11N2O2S2/c9-5-6-13-14-8-3-1-7(2-4-8)10(11)12/h1-4,11H,5-6,9H2/q-1. The summed E-state index contributed by atoms with van der Waals surface area (Å²) in [6.45, 7) is 0.654.